The molecule has 35 heavy (non-hydrogen) atoms. The molecule has 2 aromatic heterocycles. The highest BCUT2D eigenvalue weighted by atomic mass is 16.5. The predicted octanol–water partition coefficient (Wildman–Crippen LogP) is 4.75. The van der Waals surface area contributed by atoms with Gasteiger partial charge in [-0.15, -0.1) is 0 Å². The molecule has 0 atom stereocenters. The standard InChI is InChI=1S/C27H31N3O5/c1-17-13-21(19(3)30(17)25-14-18(2)35-28-25)7-8-26(31)29-11-9-20(10-12-29)27-23(33-5)15-22(32-4)16-24(27)34-6/h7-9,13-16H,10-12H2,1-6H3/b8-7+. The van der Waals surface area contributed by atoms with Gasteiger partial charge in [0.2, 0.25) is 5.91 Å². The average molecular weight is 478 g/mol. The molecule has 0 saturated carbocycles. The number of rotatable bonds is 7. The zero-order chi connectivity index (χ0) is 25.1. The number of hydrogen-bond acceptors (Lipinski definition) is 6. The predicted molar refractivity (Wildman–Crippen MR) is 134 cm³/mol. The van der Waals surface area contributed by atoms with Crippen molar-refractivity contribution in [1.29, 1.82) is 0 Å². The van der Waals surface area contributed by atoms with Crippen LogP contribution in [-0.4, -0.2) is 54.9 Å². The minimum Gasteiger partial charge on any atom is -0.496 e. The summed E-state index contributed by atoms with van der Waals surface area (Å²) >= 11 is 0. The number of hydrogen-bond donors (Lipinski definition) is 0. The molecule has 1 amide bonds. The molecule has 3 aromatic rings. The second-order valence-corrected chi connectivity index (χ2v) is 8.46. The van der Waals surface area contributed by atoms with Gasteiger partial charge in [-0.1, -0.05) is 11.2 Å². The number of benzene rings is 1. The Hall–Kier alpha value is -3.94. The summed E-state index contributed by atoms with van der Waals surface area (Å²) in [6.45, 7) is 6.99. The maximum Gasteiger partial charge on any atom is 0.246 e. The molecule has 8 heteroatoms. The zero-order valence-electron chi connectivity index (χ0n) is 21.0. The van der Waals surface area contributed by atoms with E-state index in [0.717, 1.165) is 39.7 Å². The highest BCUT2D eigenvalue weighted by Crippen LogP contribution is 2.40. The Balaban J connectivity index is 1.50. The van der Waals surface area contributed by atoms with Gasteiger partial charge in [-0.2, -0.15) is 0 Å². The third-order valence-electron chi connectivity index (χ3n) is 6.28. The number of amides is 1. The van der Waals surface area contributed by atoms with E-state index in [2.05, 4.69) is 11.2 Å². The van der Waals surface area contributed by atoms with Crippen LogP contribution in [0.25, 0.3) is 17.5 Å². The third kappa shape index (κ3) is 4.82. The second kappa shape index (κ2) is 10.1. The lowest BCUT2D eigenvalue weighted by atomic mass is 9.97. The minimum absolute atomic E-state index is 0.0314. The topological polar surface area (TPSA) is 79.0 Å². The number of methoxy groups -OCH3 is 3. The normalized spacial score (nSPS) is 13.8. The highest BCUT2D eigenvalue weighted by molar-refractivity contribution is 5.93. The monoisotopic (exact) mass is 477 g/mol. The summed E-state index contributed by atoms with van der Waals surface area (Å²) < 4.78 is 23.8. The fraction of sp³-hybridized carbons (Fsp3) is 0.333. The van der Waals surface area contributed by atoms with Crippen LogP contribution >= 0.6 is 0 Å². The van der Waals surface area contributed by atoms with Crippen molar-refractivity contribution in [3.63, 3.8) is 0 Å². The van der Waals surface area contributed by atoms with E-state index >= 15 is 0 Å². The summed E-state index contributed by atoms with van der Waals surface area (Å²) in [4.78, 5) is 14.8. The minimum atomic E-state index is -0.0314. The Morgan fingerprint density at radius 3 is 2.29 bits per heavy atom. The van der Waals surface area contributed by atoms with E-state index in [9.17, 15) is 4.79 Å². The summed E-state index contributed by atoms with van der Waals surface area (Å²) in [5.41, 5.74) is 4.97. The maximum atomic E-state index is 12.9. The van der Waals surface area contributed by atoms with E-state index in [4.69, 9.17) is 18.7 Å². The molecule has 8 nitrogen and oxygen atoms in total. The summed E-state index contributed by atoms with van der Waals surface area (Å²) in [6, 6.07) is 7.62. The molecule has 4 rings (SSSR count). The highest BCUT2D eigenvalue weighted by Gasteiger charge is 2.22. The van der Waals surface area contributed by atoms with E-state index in [1.54, 1.807) is 27.4 Å². The summed E-state index contributed by atoms with van der Waals surface area (Å²) in [5.74, 6) is 3.49. The Bertz CT molecular complexity index is 1270. The molecule has 1 aromatic carbocycles. The van der Waals surface area contributed by atoms with E-state index in [1.165, 1.54) is 0 Å². The molecule has 0 unspecified atom stereocenters. The van der Waals surface area contributed by atoms with Crippen LogP contribution in [0.15, 0.2) is 40.9 Å². The van der Waals surface area contributed by atoms with E-state index in [-0.39, 0.29) is 5.91 Å². The van der Waals surface area contributed by atoms with Crippen molar-refractivity contribution in [2.45, 2.75) is 27.2 Å². The molecular formula is C27H31N3O5. The largest absolute Gasteiger partial charge is 0.496 e. The molecule has 0 bridgehead atoms. The van der Waals surface area contributed by atoms with Crippen molar-refractivity contribution in [2.75, 3.05) is 34.4 Å². The van der Waals surface area contributed by atoms with E-state index < -0.39 is 0 Å². The van der Waals surface area contributed by atoms with Crippen LogP contribution in [0.3, 0.4) is 0 Å². The van der Waals surface area contributed by atoms with Crippen molar-refractivity contribution in [1.82, 2.24) is 14.6 Å². The van der Waals surface area contributed by atoms with Crippen molar-refractivity contribution in [3.05, 3.63) is 64.7 Å². The van der Waals surface area contributed by atoms with Gasteiger partial charge in [0.25, 0.3) is 0 Å². The van der Waals surface area contributed by atoms with Gasteiger partial charge >= 0.3 is 0 Å². The van der Waals surface area contributed by atoms with Crippen LogP contribution in [-0.2, 0) is 4.79 Å². The van der Waals surface area contributed by atoms with Gasteiger partial charge in [-0.3, -0.25) is 9.36 Å². The van der Waals surface area contributed by atoms with Gasteiger partial charge in [0.15, 0.2) is 5.82 Å². The van der Waals surface area contributed by atoms with Crippen molar-refractivity contribution >= 4 is 17.6 Å². The molecule has 1 aliphatic rings. The first-order valence-corrected chi connectivity index (χ1v) is 11.4. The molecule has 1 aliphatic heterocycles. The number of nitrogens with zero attached hydrogens (tertiary/aromatic N) is 3. The molecule has 0 fully saturated rings. The quantitative estimate of drug-likeness (QED) is 0.457. The molecule has 0 spiro atoms. The van der Waals surface area contributed by atoms with Gasteiger partial charge in [0.1, 0.15) is 23.0 Å². The summed E-state index contributed by atoms with van der Waals surface area (Å²) in [6.07, 6.45) is 6.25. The average Bonchev–Trinajstić information content (AvgIpc) is 3.42. The number of aromatic nitrogens is 2. The Kier molecular flexibility index (Phi) is 7.00. The first-order chi connectivity index (χ1) is 16.9. The van der Waals surface area contributed by atoms with E-state index in [0.29, 0.717) is 36.8 Å². The smallest absolute Gasteiger partial charge is 0.246 e. The molecule has 0 radical (unpaired) electrons. The van der Waals surface area contributed by atoms with Crippen molar-refractivity contribution in [3.8, 4) is 23.1 Å². The number of ether oxygens (including phenoxy) is 3. The van der Waals surface area contributed by atoms with Gasteiger partial charge in [-0.25, -0.2) is 0 Å². The first-order valence-electron chi connectivity index (χ1n) is 11.4. The number of carbonyl (C=O) groups is 1. The Morgan fingerprint density at radius 2 is 1.74 bits per heavy atom. The maximum absolute atomic E-state index is 12.9. The van der Waals surface area contributed by atoms with Crippen LogP contribution < -0.4 is 14.2 Å². The molecule has 0 N–H and O–H groups in total. The van der Waals surface area contributed by atoms with Crippen LogP contribution in [0.4, 0.5) is 0 Å². The lowest BCUT2D eigenvalue weighted by molar-refractivity contribution is -0.125. The lowest BCUT2D eigenvalue weighted by Gasteiger charge is -2.27. The SMILES string of the molecule is COc1cc(OC)c(C2=CCN(C(=O)/C=C/c3cc(C)n(-c4cc(C)on4)c3C)CC2)c(OC)c1. The van der Waals surface area contributed by atoms with Gasteiger partial charge in [-0.05, 0) is 50.5 Å². The van der Waals surface area contributed by atoms with Gasteiger partial charge < -0.3 is 23.6 Å². The Labute approximate surface area is 205 Å². The first kappa shape index (κ1) is 24.2. The van der Waals surface area contributed by atoms with Gasteiger partial charge in [0, 0.05) is 48.8 Å². The van der Waals surface area contributed by atoms with Gasteiger partial charge in [0.05, 0.1) is 26.9 Å². The zero-order valence-corrected chi connectivity index (χ0v) is 21.0. The van der Waals surface area contributed by atoms with Crippen molar-refractivity contribution in [2.24, 2.45) is 0 Å². The number of aryl methyl sites for hydroxylation is 2. The molecule has 184 valence electrons. The third-order valence-corrected chi connectivity index (χ3v) is 6.28. The lowest BCUT2D eigenvalue weighted by Crippen LogP contribution is -2.33. The summed E-state index contributed by atoms with van der Waals surface area (Å²) in [5, 5.41) is 4.11. The fourth-order valence-electron chi connectivity index (χ4n) is 4.45. The molecule has 0 saturated heterocycles. The summed E-state index contributed by atoms with van der Waals surface area (Å²) in [7, 11) is 4.86. The van der Waals surface area contributed by atoms with E-state index in [1.807, 2.05) is 60.6 Å². The second-order valence-electron chi connectivity index (χ2n) is 8.46. The molecular weight excluding hydrogens is 446 g/mol. The van der Waals surface area contributed by atoms with Crippen LogP contribution in [0.1, 0.15) is 34.7 Å². The van der Waals surface area contributed by atoms with Crippen LogP contribution in [0.2, 0.25) is 0 Å². The molecule has 3 heterocycles. The number of carbonyl (C=O) groups excluding carboxylic acids is 1. The van der Waals surface area contributed by atoms with Crippen LogP contribution in [0, 0.1) is 20.8 Å². The molecule has 0 aliphatic carbocycles. The fourth-order valence-corrected chi connectivity index (χ4v) is 4.45. The Morgan fingerprint density at radius 1 is 1.03 bits per heavy atom. The van der Waals surface area contributed by atoms with Crippen molar-refractivity contribution < 1.29 is 23.5 Å². The van der Waals surface area contributed by atoms with Crippen LogP contribution in [0.5, 0.6) is 17.2 Å².